The number of hydrogen-bond acceptors (Lipinski definition) is 7. The van der Waals surface area contributed by atoms with Gasteiger partial charge in [0.05, 0.1) is 17.0 Å². The number of amides is 2. The molecule has 0 radical (unpaired) electrons. The van der Waals surface area contributed by atoms with Crippen LogP contribution in [0.4, 0.5) is 5.00 Å². The predicted molar refractivity (Wildman–Crippen MR) is 97.4 cm³/mol. The lowest BCUT2D eigenvalue weighted by Crippen LogP contribution is -2.21. The minimum Gasteiger partial charge on any atom is -0.462 e. The summed E-state index contributed by atoms with van der Waals surface area (Å²) < 4.78 is 9.77. The maximum absolute atomic E-state index is 12.3. The van der Waals surface area contributed by atoms with Crippen molar-refractivity contribution in [3.8, 4) is 0 Å². The quantitative estimate of drug-likeness (QED) is 0.572. The minimum absolute atomic E-state index is 0.121. The first-order valence-corrected chi connectivity index (χ1v) is 8.65. The Kier molecular flexibility index (Phi) is 7.98. The van der Waals surface area contributed by atoms with Crippen molar-refractivity contribution in [1.82, 2.24) is 4.90 Å². The number of hydrogen-bond donors (Lipinski definition) is 1. The molecule has 8 nitrogen and oxygen atoms in total. The molecule has 0 aliphatic rings. The highest BCUT2D eigenvalue weighted by Crippen LogP contribution is 2.34. The SMILES string of the molecule is CC=CC(=O)OCC(=O)Nc1sc(C(=O)N(C)C)c(C)c1C(=O)OCC. The van der Waals surface area contributed by atoms with Gasteiger partial charge in [-0.3, -0.25) is 9.59 Å². The fourth-order valence-corrected chi connectivity index (χ4v) is 3.17. The molecule has 0 fully saturated rings. The van der Waals surface area contributed by atoms with Gasteiger partial charge >= 0.3 is 11.9 Å². The molecule has 0 aliphatic heterocycles. The average Bonchev–Trinajstić information content (AvgIpc) is 2.88. The van der Waals surface area contributed by atoms with Crippen LogP contribution in [0.15, 0.2) is 12.2 Å². The number of ether oxygens (including phenoxy) is 2. The van der Waals surface area contributed by atoms with E-state index in [0.29, 0.717) is 10.4 Å². The Morgan fingerprint density at radius 3 is 2.38 bits per heavy atom. The van der Waals surface area contributed by atoms with Crippen molar-refractivity contribution in [2.45, 2.75) is 20.8 Å². The molecule has 0 spiro atoms. The molecule has 0 aromatic carbocycles. The molecule has 9 heteroatoms. The zero-order chi connectivity index (χ0) is 19.9. The monoisotopic (exact) mass is 382 g/mol. The number of carbonyl (C=O) groups is 4. The number of esters is 2. The minimum atomic E-state index is -0.654. The number of carbonyl (C=O) groups excluding carboxylic acids is 4. The summed E-state index contributed by atoms with van der Waals surface area (Å²) in [5, 5.41) is 2.69. The van der Waals surface area contributed by atoms with E-state index in [1.807, 2.05) is 0 Å². The Morgan fingerprint density at radius 2 is 1.85 bits per heavy atom. The van der Waals surface area contributed by atoms with Crippen molar-refractivity contribution in [3.63, 3.8) is 0 Å². The molecule has 142 valence electrons. The molecule has 1 aromatic heterocycles. The van der Waals surface area contributed by atoms with E-state index in [4.69, 9.17) is 9.47 Å². The normalized spacial score (nSPS) is 10.5. The highest BCUT2D eigenvalue weighted by atomic mass is 32.1. The standard InChI is InChI=1S/C17H22N2O6S/c1-6-8-12(21)25-9-11(20)18-15-13(17(23)24-7-2)10(3)14(26-15)16(22)19(4)5/h6,8H,7,9H2,1-5H3,(H,18,20). The maximum Gasteiger partial charge on any atom is 0.341 e. The van der Waals surface area contributed by atoms with Crippen LogP contribution in [0.5, 0.6) is 0 Å². The molecule has 26 heavy (non-hydrogen) atoms. The van der Waals surface area contributed by atoms with Gasteiger partial charge in [-0.2, -0.15) is 0 Å². The van der Waals surface area contributed by atoms with Gasteiger partial charge in [0, 0.05) is 20.2 Å². The summed E-state index contributed by atoms with van der Waals surface area (Å²) in [4.78, 5) is 49.5. The summed E-state index contributed by atoms with van der Waals surface area (Å²) in [5.41, 5.74) is 0.545. The van der Waals surface area contributed by atoms with Gasteiger partial charge in [0.25, 0.3) is 11.8 Å². The van der Waals surface area contributed by atoms with Crippen LogP contribution in [0.2, 0.25) is 0 Å². The smallest absolute Gasteiger partial charge is 0.341 e. The summed E-state index contributed by atoms with van der Waals surface area (Å²) in [7, 11) is 3.18. The molecule has 1 rings (SSSR count). The molecule has 0 unspecified atom stereocenters. The third-order valence-electron chi connectivity index (χ3n) is 3.13. The van der Waals surface area contributed by atoms with Crippen LogP contribution in [-0.4, -0.2) is 56.0 Å². The van der Waals surface area contributed by atoms with E-state index in [1.54, 1.807) is 34.9 Å². The average molecular weight is 382 g/mol. The molecule has 0 aliphatic carbocycles. The van der Waals surface area contributed by atoms with Crippen LogP contribution in [0.1, 0.15) is 39.4 Å². The summed E-state index contributed by atoms with van der Waals surface area (Å²) in [6.45, 7) is 4.55. The third-order valence-corrected chi connectivity index (χ3v) is 4.32. The Balaban J connectivity index is 3.09. The summed E-state index contributed by atoms with van der Waals surface area (Å²) >= 11 is 0.971. The molecule has 2 amide bonds. The molecular formula is C17H22N2O6S. The molecular weight excluding hydrogens is 360 g/mol. The lowest BCUT2D eigenvalue weighted by molar-refractivity contribution is -0.142. The molecule has 1 heterocycles. The van der Waals surface area contributed by atoms with Crippen LogP contribution < -0.4 is 5.32 Å². The zero-order valence-corrected chi connectivity index (χ0v) is 16.2. The topological polar surface area (TPSA) is 102 Å². The van der Waals surface area contributed by atoms with Crippen molar-refractivity contribution in [1.29, 1.82) is 0 Å². The van der Waals surface area contributed by atoms with Crippen LogP contribution in [0.25, 0.3) is 0 Å². The molecule has 1 aromatic rings. The Hall–Kier alpha value is -2.68. The van der Waals surface area contributed by atoms with E-state index >= 15 is 0 Å². The first kappa shape index (κ1) is 21.4. The van der Waals surface area contributed by atoms with Crippen molar-refractivity contribution < 1.29 is 28.7 Å². The van der Waals surface area contributed by atoms with Gasteiger partial charge in [-0.05, 0) is 26.3 Å². The van der Waals surface area contributed by atoms with Crippen molar-refractivity contribution in [2.24, 2.45) is 0 Å². The molecule has 0 saturated carbocycles. The van der Waals surface area contributed by atoms with E-state index in [2.05, 4.69) is 5.32 Å². The fraction of sp³-hybridized carbons (Fsp3) is 0.412. The van der Waals surface area contributed by atoms with Gasteiger partial charge in [-0.1, -0.05) is 6.08 Å². The summed E-state index contributed by atoms with van der Waals surface area (Å²) in [5.74, 6) is -2.21. The van der Waals surface area contributed by atoms with Gasteiger partial charge in [0.15, 0.2) is 6.61 Å². The van der Waals surface area contributed by atoms with E-state index in [0.717, 1.165) is 11.3 Å². The number of thiophene rings is 1. The van der Waals surface area contributed by atoms with Crippen LogP contribution in [0.3, 0.4) is 0 Å². The van der Waals surface area contributed by atoms with E-state index < -0.39 is 24.5 Å². The lowest BCUT2D eigenvalue weighted by Gasteiger charge is -2.09. The van der Waals surface area contributed by atoms with Gasteiger partial charge in [-0.25, -0.2) is 9.59 Å². The first-order chi connectivity index (χ1) is 12.2. The highest BCUT2D eigenvalue weighted by Gasteiger charge is 2.27. The number of nitrogens with zero attached hydrogens (tertiary/aromatic N) is 1. The van der Waals surface area contributed by atoms with Crippen molar-refractivity contribution >= 4 is 40.1 Å². The zero-order valence-electron chi connectivity index (χ0n) is 15.4. The van der Waals surface area contributed by atoms with E-state index in [9.17, 15) is 19.2 Å². The van der Waals surface area contributed by atoms with Gasteiger partial charge in [0.1, 0.15) is 5.00 Å². The number of anilines is 1. The maximum atomic E-state index is 12.3. The van der Waals surface area contributed by atoms with Crippen molar-refractivity contribution in [3.05, 3.63) is 28.2 Å². The van der Waals surface area contributed by atoms with E-state index in [-0.39, 0.29) is 23.1 Å². The number of rotatable bonds is 7. The first-order valence-electron chi connectivity index (χ1n) is 7.84. The highest BCUT2D eigenvalue weighted by molar-refractivity contribution is 7.18. The summed E-state index contributed by atoms with van der Waals surface area (Å²) in [6.07, 6.45) is 2.67. The van der Waals surface area contributed by atoms with Gasteiger partial charge < -0.3 is 19.7 Å². The molecule has 0 saturated heterocycles. The summed E-state index contributed by atoms with van der Waals surface area (Å²) in [6, 6.07) is 0. The number of allylic oxidation sites excluding steroid dienone is 1. The van der Waals surface area contributed by atoms with Crippen LogP contribution in [0, 0.1) is 6.92 Å². The predicted octanol–water partition coefficient (Wildman–Crippen LogP) is 1.99. The van der Waals surface area contributed by atoms with Gasteiger partial charge in [0.2, 0.25) is 0 Å². The fourth-order valence-electron chi connectivity index (χ4n) is 1.94. The molecule has 1 N–H and O–H groups in total. The second-order valence-electron chi connectivity index (χ2n) is 5.34. The Labute approximate surface area is 155 Å². The Morgan fingerprint density at radius 1 is 1.19 bits per heavy atom. The van der Waals surface area contributed by atoms with Crippen LogP contribution in [-0.2, 0) is 19.1 Å². The Bertz CT molecular complexity index is 736. The van der Waals surface area contributed by atoms with E-state index in [1.165, 1.54) is 17.1 Å². The third kappa shape index (κ3) is 5.41. The molecule has 0 atom stereocenters. The van der Waals surface area contributed by atoms with Crippen molar-refractivity contribution in [2.75, 3.05) is 32.6 Å². The second-order valence-corrected chi connectivity index (χ2v) is 6.36. The largest absolute Gasteiger partial charge is 0.462 e. The lowest BCUT2D eigenvalue weighted by atomic mass is 10.1. The second kappa shape index (κ2) is 9.71. The van der Waals surface area contributed by atoms with Crippen LogP contribution >= 0.6 is 11.3 Å². The van der Waals surface area contributed by atoms with Gasteiger partial charge in [-0.15, -0.1) is 11.3 Å². The number of nitrogens with one attached hydrogen (secondary N) is 1. The molecule has 0 bridgehead atoms.